The Balaban J connectivity index is 2.05. The molecule has 1 aliphatic heterocycles. The van der Waals surface area contributed by atoms with E-state index in [1.54, 1.807) is 24.0 Å². The summed E-state index contributed by atoms with van der Waals surface area (Å²) in [4.78, 5) is 6.01. The van der Waals surface area contributed by atoms with Crippen LogP contribution in [0.4, 0.5) is 19.0 Å². The van der Waals surface area contributed by atoms with Crippen molar-refractivity contribution >= 4 is 56.6 Å². The second kappa shape index (κ2) is 7.04. The Labute approximate surface area is 172 Å². The van der Waals surface area contributed by atoms with Crippen LogP contribution in [0.2, 0.25) is 15.1 Å². The predicted octanol–water partition coefficient (Wildman–Crippen LogP) is 6.82. The molecule has 1 unspecified atom stereocenters. The maximum Gasteiger partial charge on any atom is 0.400 e. The van der Waals surface area contributed by atoms with E-state index in [2.05, 4.69) is 20.9 Å². The zero-order valence-corrected chi connectivity index (χ0v) is 17.3. The number of benzene rings is 1. The minimum absolute atomic E-state index is 0.00820. The Morgan fingerprint density at radius 1 is 1.15 bits per heavy atom. The molecule has 0 saturated carbocycles. The first-order chi connectivity index (χ1) is 12.0. The molecular formula is C17H13BrCl3F3N2. The van der Waals surface area contributed by atoms with Crippen molar-refractivity contribution in [2.45, 2.75) is 24.9 Å². The average molecular weight is 489 g/mol. The third kappa shape index (κ3) is 3.41. The standard InChI is InChI=1S/C17H13BrCl3F3N2/c1-9-11(18)2-3-14(25-9)26-5-4-16(8-26,17(22,23)24)10-6-12(19)15(21)13(20)7-10/h2-3,6-7H,4-5,8H2,1H3. The average Bonchev–Trinajstić information content (AvgIpc) is 3.01. The highest BCUT2D eigenvalue weighted by Gasteiger charge is 2.59. The third-order valence-electron chi connectivity index (χ3n) is 4.68. The van der Waals surface area contributed by atoms with Crippen LogP contribution in [-0.2, 0) is 5.41 Å². The molecule has 0 N–H and O–H groups in total. The zero-order valence-electron chi connectivity index (χ0n) is 13.5. The number of aryl methyl sites for hydroxylation is 1. The number of hydrogen-bond acceptors (Lipinski definition) is 2. The summed E-state index contributed by atoms with van der Waals surface area (Å²) < 4.78 is 43.2. The molecule has 2 heterocycles. The topological polar surface area (TPSA) is 16.1 Å². The second-order valence-corrected chi connectivity index (χ2v) is 8.29. The zero-order chi connectivity index (χ0) is 19.3. The van der Waals surface area contributed by atoms with Gasteiger partial charge in [-0.3, -0.25) is 0 Å². The van der Waals surface area contributed by atoms with Crippen molar-refractivity contribution in [3.63, 3.8) is 0 Å². The van der Waals surface area contributed by atoms with E-state index < -0.39 is 11.6 Å². The number of halogens is 7. The summed E-state index contributed by atoms with van der Waals surface area (Å²) in [5, 5.41) is 0.0668. The molecule has 0 radical (unpaired) electrons. The van der Waals surface area contributed by atoms with Gasteiger partial charge in [-0.25, -0.2) is 4.98 Å². The van der Waals surface area contributed by atoms with E-state index >= 15 is 0 Å². The Hall–Kier alpha value is -0.690. The van der Waals surface area contributed by atoms with Gasteiger partial charge in [-0.15, -0.1) is 0 Å². The number of aromatic nitrogens is 1. The van der Waals surface area contributed by atoms with E-state index in [9.17, 15) is 13.2 Å². The van der Waals surface area contributed by atoms with Gasteiger partial charge in [-0.05, 0) is 59.1 Å². The van der Waals surface area contributed by atoms with Crippen molar-refractivity contribution in [1.29, 1.82) is 0 Å². The fourth-order valence-corrected chi connectivity index (χ4v) is 3.99. The summed E-state index contributed by atoms with van der Waals surface area (Å²) >= 11 is 21.2. The Kier molecular flexibility index (Phi) is 5.43. The van der Waals surface area contributed by atoms with Gasteiger partial charge in [0.25, 0.3) is 0 Å². The van der Waals surface area contributed by atoms with Crippen molar-refractivity contribution in [1.82, 2.24) is 4.98 Å². The normalized spacial score (nSPS) is 20.7. The Bertz CT molecular complexity index is 837. The maximum absolute atomic E-state index is 14.1. The minimum atomic E-state index is -4.48. The van der Waals surface area contributed by atoms with Crippen LogP contribution in [0.5, 0.6) is 0 Å². The van der Waals surface area contributed by atoms with Crippen LogP contribution in [0.25, 0.3) is 0 Å². The van der Waals surface area contributed by atoms with Gasteiger partial charge in [0.2, 0.25) is 0 Å². The summed E-state index contributed by atoms with van der Waals surface area (Å²) in [6.45, 7) is 1.74. The molecule has 1 saturated heterocycles. The van der Waals surface area contributed by atoms with E-state index in [1.807, 2.05) is 0 Å². The van der Waals surface area contributed by atoms with Gasteiger partial charge in [0, 0.05) is 17.6 Å². The van der Waals surface area contributed by atoms with Gasteiger partial charge in [0.05, 0.1) is 20.8 Å². The monoisotopic (exact) mass is 486 g/mol. The lowest BCUT2D eigenvalue weighted by Gasteiger charge is -2.33. The molecule has 3 rings (SSSR count). The number of rotatable bonds is 2. The van der Waals surface area contributed by atoms with Crippen LogP contribution in [-0.4, -0.2) is 24.2 Å². The first-order valence-corrected chi connectivity index (χ1v) is 9.58. The first kappa shape index (κ1) is 20.1. The fourth-order valence-electron chi connectivity index (χ4n) is 3.17. The Morgan fingerprint density at radius 3 is 2.31 bits per heavy atom. The fraction of sp³-hybridized carbons (Fsp3) is 0.353. The molecular weight excluding hydrogens is 475 g/mol. The largest absolute Gasteiger partial charge is 0.400 e. The first-order valence-electron chi connectivity index (χ1n) is 7.65. The number of pyridine rings is 1. The van der Waals surface area contributed by atoms with Crippen molar-refractivity contribution in [2.24, 2.45) is 0 Å². The summed E-state index contributed by atoms with van der Waals surface area (Å²) in [5.41, 5.74) is -1.36. The smallest absolute Gasteiger partial charge is 0.355 e. The number of hydrogen-bond donors (Lipinski definition) is 0. The van der Waals surface area contributed by atoms with Gasteiger partial charge in [0.15, 0.2) is 0 Å². The van der Waals surface area contributed by atoms with Crippen molar-refractivity contribution in [3.05, 3.63) is 55.1 Å². The van der Waals surface area contributed by atoms with Gasteiger partial charge in [-0.1, -0.05) is 34.8 Å². The summed E-state index contributed by atoms with van der Waals surface area (Å²) in [6, 6.07) is 5.99. The van der Waals surface area contributed by atoms with Crippen LogP contribution in [0.15, 0.2) is 28.7 Å². The molecule has 1 aliphatic rings. The van der Waals surface area contributed by atoms with Gasteiger partial charge in [-0.2, -0.15) is 13.2 Å². The third-order valence-corrected chi connectivity index (χ3v) is 6.71. The van der Waals surface area contributed by atoms with E-state index in [1.165, 1.54) is 12.1 Å². The van der Waals surface area contributed by atoms with Crippen molar-refractivity contribution in [2.75, 3.05) is 18.0 Å². The molecule has 0 spiro atoms. The molecule has 1 aromatic carbocycles. The SMILES string of the molecule is Cc1nc(N2CCC(c3cc(Cl)c(Cl)c(Cl)c3)(C(F)(F)F)C2)ccc1Br. The van der Waals surface area contributed by atoms with E-state index in [-0.39, 0.29) is 40.1 Å². The van der Waals surface area contributed by atoms with Gasteiger partial charge >= 0.3 is 6.18 Å². The molecule has 140 valence electrons. The summed E-state index contributed by atoms with van der Waals surface area (Å²) in [5.74, 6) is 0.503. The lowest BCUT2D eigenvalue weighted by Crippen LogP contribution is -2.45. The summed E-state index contributed by atoms with van der Waals surface area (Å²) in [7, 11) is 0. The van der Waals surface area contributed by atoms with Crippen LogP contribution in [0, 0.1) is 6.92 Å². The van der Waals surface area contributed by atoms with Gasteiger partial charge in [0.1, 0.15) is 11.2 Å². The van der Waals surface area contributed by atoms with Crippen LogP contribution in [0.3, 0.4) is 0 Å². The van der Waals surface area contributed by atoms with E-state index in [0.717, 1.165) is 4.47 Å². The minimum Gasteiger partial charge on any atom is -0.355 e. The lowest BCUT2D eigenvalue weighted by atomic mass is 9.79. The number of anilines is 1. The molecule has 2 aromatic rings. The molecule has 1 atom stereocenters. The molecule has 1 fully saturated rings. The van der Waals surface area contributed by atoms with Crippen LogP contribution in [0.1, 0.15) is 17.7 Å². The quantitative estimate of drug-likeness (QED) is 0.431. The number of alkyl halides is 3. The molecule has 0 bridgehead atoms. The van der Waals surface area contributed by atoms with Crippen LogP contribution < -0.4 is 4.90 Å². The van der Waals surface area contributed by atoms with E-state index in [4.69, 9.17) is 34.8 Å². The Morgan fingerprint density at radius 2 is 1.77 bits per heavy atom. The van der Waals surface area contributed by atoms with Gasteiger partial charge < -0.3 is 4.90 Å². The second-order valence-electron chi connectivity index (χ2n) is 6.24. The van der Waals surface area contributed by atoms with Crippen molar-refractivity contribution < 1.29 is 13.2 Å². The summed E-state index contributed by atoms with van der Waals surface area (Å²) in [6.07, 6.45) is -4.60. The predicted molar refractivity (Wildman–Crippen MR) is 103 cm³/mol. The lowest BCUT2D eigenvalue weighted by molar-refractivity contribution is -0.184. The van der Waals surface area contributed by atoms with Crippen molar-refractivity contribution in [3.8, 4) is 0 Å². The molecule has 0 amide bonds. The van der Waals surface area contributed by atoms with Crippen LogP contribution >= 0.6 is 50.7 Å². The maximum atomic E-state index is 14.1. The molecule has 1 aromatic heterocycles. The van der Waals surface area contributed by atoms with E-state index in [0.29, 0.717) is 11.5 Å². The highest BCUT2D eigenvalue weighted by atomic mass is 79.9. The molecule has 0 aliphatic carbocycles. The highest BCUT2D eigenvalue weighted by molar-refractivity contribution is 9.10. The molecule has 26 heavy (non-hydrogen) atoms. The number of nitrogens with zero attached hydrogens (tertiary/aromatic N) is 2. The molecule has 9 heteroatoms. The molecule has 2 nitrogen and oxygen atoms in total. The highest BCUT2D eigenvalue weighted by Crippen LogP contribution is 2.50.